The van der Waals surface area contributed by atoms with Gasteiger partial charge in [-0.1, -0.05) is 30.3 Å². The standard InChI is InChI=1S/C16H19F3N2O7S/c1-10(20-15(24)28-8-11-6-4-3-5-7-11)13(22)21-12(14(23)27-2)9-29(25,26)16(17,18)19/h3-7,10,12H,8-9H2,1-2H3,(H,20,24)(H,21,22)/t10-,12-/m0/s1. The Kier molecular flexibility index (Phi) is 8.42. The SMILES string of the molecule is COC(=O)[C@H](CS(=O)(=O)C(F)(F)F)NC(=O)[C@H](C)NC(=O)OCc1ccccc1. The fourth-order valence-corrected chi connectivity index (χ4v) is 2.78. The number of alkyl halides is 3. The van der Waals surface area contributed by atoms with Gasteiger partial charge in [0, 0.05) is 0 Å². The zero-order valence-electron chi connectivity index (χ0n) is 15.4. The number of nitrogens with one attached hydrogen (secondary N) is 2. The molecular formula is C16H19F3N2O7S. The van der Waals surface area contributed by atoms with E-state index >= 15 is 0 Å². The van der Waals surface area contributed by atoms with Crippen molar-refractivity contribution < 1.29 is 45.4 Å². The summed E-state index contributed by atoms with van der Waals surface area (Å²) in [6.07, 6.45) is -1.01. The number of benzene rings is 1. The van der Waals surface area contributed by atoms with E-state index in [1.807, 2.05) is 5.32 Å². The third-order valence-electron chi connectivity index (χ3n) is 3.48. The number of esters is 1. The van der Waals surface area contributed by atoms with Crippen LogP contribution in [0.3, 0.4) is 0 Å². The Morgan fingerprint density at radius 1 is 1.10 bits per heavy atom. The van der Waals surface area contributed by atoms with E-state index in [2.05, 4.69) is 10.1 Å². The van der Waals surface area contributed by atoms with Crippen LogP contribution in [0, 0.1) is 0 Å². The molecule has 0 aliphatic heterocycles. The highest BCUT2D eigenvalue weighted by molar-refractivity contribution is 7.92. The predicted octanol–water partition coefficient (Wildman–Crippen LogP) is 0.894. The maximum Gasteiger partial charge on any atom is 0.497 e. The Balaban J connectivity index is 2.68. The maximum atomic E-state index is 12.5. The van der Waals surface area contributed by atoms with Gasteiger partial charge in [0.2, 0.25) is 15.7 Å². The average molecular weight is 440 g/mol. The molecule has 0 aromatic heterocycles. The largest absolute Gasteiger partial charge is 0.497 e. The third kappa shape index (κ3) is 7.60. The van der Waals surface area contributed by atoms with E-state index in [9.17, 15) is 36.0 Å². The summed E-state index contributed by atoms with van der Waals surface area (Å²) in [7, 11) is -4.90. The van der Waals surface area contributed by atoms with Gasteiger partial charge in [-0.05, 0) is 12.5 Å². The second-order valence-corrected chi connectivity index (χ2v) is 7.76. The molecule has 0 fully saturated rings. The highest BCUT2D eigenvalue weighted by Gasteiger charge is 2.48. The van der Waals surface area contributed by atoms with Crippen molar-refractivity contribution in [1.82, 2.24) is 10.6 Å². The molecule has 1 aromatic rings. The highest BCUT2D eigenvalue weighted by atomic mass is 32.2. The second-order valence-electron chi connectivity index (χ2n) is 5.74. The van der Waals surface area contributed by atoms with Gasteiger partial charge in [0.15, 0.2) is 0 Å². The predicted molar refractivity (Wildman–Crippen MR) is 93.0 cm³/mol. The number of hydrogen-bond acceptors (Lipinski definition) is 7. The van der Waals surface area contributed by atoms with Gasteiger partial charge in [-0.25, -0.2) is 18.0 Å². The first-order valence-electron chi connectivity index (χ1n) is 8.02. The van der Waals surface area contributed by atoms with E-state index in [4.69, 9.17) is 4.74 Å². The fourth-order valence-electron chi connectivity index (χ4n) is 1.93. The molecule has 0 unspecified atom stereocenters. The maximum absolute atomic E-state index is 12.5. The van der Waals surface area contributed by atoms with Crippen molar-refractivity contribution in [2.45, 2.75) is 31.1 Å². The molecule has 0 spiro atoms. The lowest BCUT2D eigenvalue weighted by Gasteiger charge is -2.20. The summed E-state index contributed by atoms with van der Waals surface area (Å²) >= 11 is 0. The molecule has 0 saturated carbocycles. The molecule has 0 saturated heterocycles. The molecule has 2 amide bonds. The number of methoxy groups -OCH3 is 1. The van der Waals surface area contributed by atoms with Crippen molar-refractivity contribution >= 4 is 27.8 Å². The molecule has 0 bridgehead atoms. The first kappa shape index (κ1) is 24.2. The van der Waals surface area contributed by atoms with Gasteiger partial charge >= 0.3 is 17.6 Å². The summed E-state index contributed by atoms with van der Waals surface area (Å²) in [5.74, 6) is -4.26. The lowest BCUT2D eigenvalue weighted by atomic mass is 10.2. The van der Waals surface area contributed by atoms with Crippen LogP contribution in [0.1, 0.15) is 12.5 Å². The number of ether oxygens (including phenoxy) is 2. The Morgan fingerprint density at radius 2 is 1.69 bits per heavy atom. The Morgan fingerprint density at radius 3 is 2.21 bits per heavy atom. The molecule has 9 nitrogen and oxygen atoms in total. The molecule has 1 aromatic carbocycles. The minimum Gasteiger partial charge on any atom is -0.467 e. The van der Waals surface area contributed by atoms with Gasteiger partial charge < -0.3 is 20.1 Å². The Bertz CT molecular complexity index is 829. The number of hydrogen-bond donors (Lipinski definition) is 2. The lowest BCUT2D eigenvalue weighted by Crippen LogP contribution is -2.53. The third-order valence-corrected chi connectivity index (χ3v) is 4.96. The van der Waals surface area contributed by atoms with Crippen molar-refractivity contribution in [2.24, 2.45) is 0 Å². The van der Waals surface area contributed by atoms with Gasteiger partial charge in [-0.3, -0.25) is 4.79 Å². The molecule has 162 valence electrons. The van der Waals surface area contributed by atoms with Crippen LogP contribution in [0.4, 0.5) is 18.0 Å². The van der Waals surface area contributed by atoms with Crippen LogP contribution >= 0.6 is 0 Å². The van der Waals surface area contributed by atoms with E-state index in [-0.39, 0.29) is 6.61 Å². The zero-order valence-corrected chi connectivity index (χ0v) is 16.2. The summed E-state index contributed by atoms with van der Waals surface area (Å²) in [6.45, 7) is 1.06. The minimum atomic E-state index is -5.71. The number of halogens is 3. The van der Waals surface area contributed by atoms with Crippen molar-refractivity contribution in [3.63, 3.8) is 0 Å². The molecular weight excluding hydrogens is 421 g/mol. The number of alkyl carbamates (subject to hydrolysis) is 1. The zero-order chi connectivity index (χ0) is 22.2. The van der Waals surface area contributed by atoms with Crippen molar-refractivity contribution in [3.05, 3.63) is 35.9 Å². The van der Waals surface area contributed by atoms with Crippen LogP contribution in [0.2, 0.25) is 0 Å². The van der Waals surface area contributed by atoms with Gasteiger partial charge in [0.05, 0.1) is 12.9 Å². The average Bonchev–Trinajstić information content (AvgIpc) is 2.64. The number of carbonyl (C=O) groups excluding carboxylic acids is 3. The van der Waals surface area contributed by atoms with Crippen LogP contribution in [-0.4, -0.2) is 56.8 Å². The van der Waals surface area contributed by atoms with Crippen molar-refractivity contribution in [2.75, 3.05) is 12.9 Å². The summed E-state index contributed by atoms with van der Waals surface area (Å²) in [5.41, 5.74) is -4.95. The Hall–Kier alpha value is -2.83. The number of sulfone groups is 1. The van der Waals surface area contributed by atoms with E-state index in [1.165, 1.54) is 0 Å². The van der Waals surface area contributed by atoms with Crippen LogP contribution in [0.25, 0.3) is 0 Å². The molecule has 13 heteroatoms. The van der Waals surface area contributed by atoms with E-state index in [0.717, 1.165) is 14.0 Å². The van der Waals surface area contributed by atoms with Crippen LogP contribution in [-0.2, 0) is 35.5 Å². The summed E-state index contributed by atoms with van der Waals surface area (Å²) in [5, 5.41) is 3.92. The van der Waals surface area contributed by atoms with Crippen LogP contribution < -0.4 is 10.6 Å². The Labute approximate surface area is 164 Å². The van der Waals surface area contributed by atoms with Gasteiger partial charge in [-0.15, -0.1) is 0 Å². The summed E-state index contributed by atoms with van der Waals surface area (Å²) in [6, 6.07) is 5.09. The van der Waals surface area contributed by atoms with Crippen molar-refractivity contribution in [1.29, 1.82) is 0 Å². The van der Waals surface area contributed by atoms with E-state index < -0.39 is 51.2 Å². The minimum absolute atomic E-state index is 0.102. The highest BCUT2D eigenvalue weighted by Crippen LogP contribution is 2.24. The molecule has 0 aliphatic rings. The van der Waals surface area contributed by atoms with E-state index in [0.29, 0.717) is 5.56 Å². The molecule has 0 heterocycles. The van der Waals surface area contributed by atoms with Crippen molar-refractivity contribution in [3.8, 4) is 0 Å². The summed E-state index contributed by atoms with van der Waals surface area (Å²) < 4.78 is 69.2. The van der Waals surface area contributed by atoms with Crippen LogP contribution in [0.5, 0.6) is 0 Å². The molecule has 0 aliphatic carbocycles. The first-order valence-corrected chi connectivity index (χ1v) is 9.67. The van der Waals surface area contributed by atoms with Gasteiger partial charge in [0.1, 0.15) is 18.7 Å². The molecule has 2 N–H and O–H groups in total. The molecule has 0 radical (unpaired) electrons. The fraction of sp³-hybridized carbons (Fsp3) is 0.438. The normalized spacial score (nSPS) is 13.7. The number of carbonyl (C=O) groups is 3. The topological polar surface area (TPSA) is 128 Å². The molecule has 2 atom stereocenters. The first-order chi connectivity index (χ1) is 13.4. The van der Waals surface area contributed by atoms with Gasteiger partial charge in [0.25, 0.3) is 0 Å². The quantitative estimate of drug-likeness (QED) is 0.575. The molecule has 29 heavy (non-hydrogen) atoms. The molecule has 1 rings (SSSR count). The lowest BCUT2D eigenvalue weighted by molar-refractivity contribution is -0.144. The smallest absolute Gasteiger partial charge is 0.467 e. The van der Waals surface area contributed by atoms with Crippen LogP contribution in [0.15, 0.2) is 30.3 Å². The van der Waals surface area contributed by atoms with Gasteiger partial charge in [-0.2, -0.15) is 13.2 Å². The monoisotopic (exact) mass is 440 g/mol. The van der Waals surface area contributed by atoms with E-state index in [1.54, 1.807) is 30.3 Å². The summed E-state index contributed by atoms with van der Waals surface area (Å²) in [4.78, 5) is 35.3. The number of rotatable bonds is 8. The number of amides is 2. The second kappa shape index (κ2) is 10.1.